The SMILES string of the molecule is COc1nn(C2CCCCC2(OC)OC)c(=O)o1. The number of aromatic nitrogens is 2. The zero-order chi connectivity index (χ0) is 13.2. The van der Waals surface area contributed by atoms with Crippen LogP contribution in [-0.2, 0) is 9.47 Å². The number of hydrogen-bond acceptors (Lipinski definition) is 6. The van der Waals surface area contributed by atoms with Crippen molar-refractivity contribution in [1.82, 2.24) is 9.78 Å². The van der Waals surface area contributed by atoms with Crippen LogP contribution in [0.4, 0.5) is 0 Å². The van der Waals surface area contributed by atoms with Gasteiger partial charge in [0.1, 0.15) is 6.04 Å². The molecule has 0 spiro atoms. The van der Waals surface area contributed by atoms with Gasteiger partial charge in [0.15, 0.2) is 5.79 Å². The second-order valence-corrected chi connectivity index (χ2v) is 4.26. The van der Waals surface area contributed by atoms with Gasteiger partial charge in [-0.2, -0.15) is 4.68 Å². The Bertz CT molecular complexity index is 449. The Balaban J connectivity index is 2.39. The predicted molar refractivity (Wildman–Crippen MR) is 61.6 cm³/mol. The van der Waals surface area contributed by atoms with Crippen LogP contribution in [0.3, 0.4) is 0 Å². The maximum absolute atomic E-state index is 11.8. The number of ether oxygens (including phenoxy) is 3. The molecule has 2 rings (SSSR count). The molecular weight excluding hydrogens is 240 g/mol. The normalized spacial score (nSPS) is 22.9. The number of hydrogen-bond donors (Lipinski definition) is 0. The van der Waals surface area contributed by atoms with E-state index in [1.165, 1.54) is 11.8 Å². The van der Waals surface area contributed by atoms with E-state index in [9.17, 15) is 4.79 Å². The van der Waals surface area contributed by atoms with Crippen LogP contribution in [0.15, 0.2) is 9.21 Å². The van der Waals surface area contributed by atoms with Crippen molar-refractivity contribution < 1.29 is 18.6 Å². The minimum Gasteiger partial charge on any atom is -0.452 e. The highest BCUT2D eigenvalue weighted by Gasteiger charge is 2.44. The first kappa shape index (κ1) is 13.1. The predicted octanol–water partition coefficient (Wildman–Crippen LogP) is 0.949. The van der Waals surface area contributed by atoms with Crippen molar-refractivity contribution in [2.75, 3.05) is 21.3 Å². The van der Waals surface area contributed by atoms with Gasteiger partial charge in [0.25, 0.3) is 0 Å². The topological polar surface area (TPSA) is 75.7 Å². The van der Waals surface area contributed by atoms with E-state index < -0.39 is 11.5 Å². The Hall–Kier alpha value is -1.34. The molecule has 0 amide bonds. The van der Waals surface area contributed by atoms with E-state index in [1.807, 2.05) is 0 Å². The number of methoxy groups -OCH3 is 3. The van der Waals surface area contributed by atoms with Gasteiger partial charge in [-0.3, -0.25) is 0 Å². The van der Waals surface area contributed by atoms with Crippen LogP contribution in [0.1, 0.15) is 31.7 Å². The lowest BCUT2D eigenvalue weighted by atomic mass is 9.89. The Morgan fingerprint density at radius 2 is 2.06 bits per heavy atom. The molecule has 7 nitrogen and oxygen atoms in total. The summed E-state index contributed by atoms with van der Waals surface area (Å²) in [5.74, 6) is -1.39. The van der Waals surface area contributed by atoms with E-state index in [2.05, 4.69) is 5.10 Å². The van der Waals surface area contributed by atoms with E-state index in [0.29, 0.717) is 6.42 Å². The first-order chi connectivity index (χ1) is 8.66. The summed E-state index contributed by atoms with van der Waals surface area (Å²) in [4.78, 5) is 11.8. The molecular formula is C11H18N2O5. The first-order valence-electron chi connectivity index (χ1n) is 5.91. The molecule has 0 N–H and O–H groups in total. The summed E-state index contributed by atoms with van der Waals surface area (Å²) in [6.45, 7) is 0. The molecule has 0 aliphatic heterocycles. The van der Waals surface area contributed by atoms with E-state index in [0.717, 1.165) is 19.3 Å². The molecule has 0 aromatic carbocycles. The molecule has 0 saturated heterocycles. The van der Waals surface area contributed by atoms with Crippen molar-refractivity contribution in [2.24, 2.45) is 0 Å². The highest BCUT2D eigenvalue weighted by atomic mass is 16.7. The lowest BCUT2D eigenvalue weighted by molar-refractivity contribution is -0.250. The Labute approximate surface area is 105 Å². The minimum atomic E-state index is -0.829. The van der Waals surface area contributed by atoms with Crippen LogP contribution in [0.25, 0.3) is 0 Å². The average molecular weight is 258 g/mol. The minimum absolute atomic E-state index is 0.0494. The quantitative estimate of drug-likeness (QED) is 0.748. The summed E-state index contributed by atoms with van der Waals surface area (Å²) >= 11 is 0. The van der Waals surface area contributed by atoms with E-state index in [1.54, 1.807) is 14.2 Å². The van der Waals surface area contributed by atoms with E-state index >= 15 is 0 Å². The average Bonchev–Trinajstić information content (AvgIpc) is 2.79. The fraction of sp³-hybridized carbons (Fsp3) is 0.818. The molecule has 1 fully saturated rings. The maximum atomic E-state index is 11.8. The third-order valence-corrected chi connectivity index (χ3v) is 3.47. The molecule has 7 heteroatoms. The summed E-state index contributed by atoms with van der Waals surface area (Å²) in [6.07, 6.45) is 3.39. The molecule has 1 unspecified atom stereocenters. The van der Waals surface area contributed by atoms with Crippen LogP contribution in [-0.4, -0.2) is 36.9 Å². The van der Waals surface area contributed by atoms with Crippen LogP contribution in [0.2, 0.25) is 0 Å². The lowest BCUT2D eigenvalue weighted by Crippen LogP contribution is -2.48. The molecule has 1 aliphatic carbocycles. The van der Waals surface area contributed by atoms with E-state index in [4.69, 9.17) is 18.6 Å². The van der Waals surface area contributed by atoms with Crippen molar-refractivity contribution in [2.45, 2.75) is 37.5 Å². The largest absolute Gasteiger partial charge is 0.452 e. The standard InChI is InChI=1S/C11H18N2O5/c1-15-9-12-13(10(14)18-9)8-6-4-5-7-11(8,16-2)17-3/h8H,4-7H2,1-3H3. The van der Waals surface area contributed by atoms with Crippen LogP contribution >= 0.6 is 0 Å². The summed E-state index contributed by atoms with van der Waals surface area (Å²) in [5, 5.41) is 4.00. The van der Waals surface area contributed by atoms with Gasteiger partial charge in [0.05, 0.1) is 7.11 Å². The Morgan fingerprint density at radius 1 is 1.33 bits per heavy atom. The summed E-state index contributed by atoms with van der Waals surface area (Å²) in [7, 11) is 4.55. The third kappa shape index (κ3) is 2.04. The molecule has 1 aromatic rings. The van der Waals surface area contributed by atoms with Crippen molar-refractivity contribution in [3.63, 3.8) is 0 Å². The van der Waals surface area contributed by atoms with Crippen LogP contribution < -0.4 is 10.5 Å². The fourth-order valence-electron chi connectivity index (χ4n) is 2.51. The van der Waals surface area contributed by atoms with Gasteiger partial charge in [-0.05, 0) is 12.8 Å². The highest BCUT2D eigenvalue weighted by molar-refractivity contribution is 4.90. The molecule has 1 aliphatic rings. The monoisotopic (exact) mass is 258 g/mol. The van der Waals surface area contributed by atoms with Crippen molar-refractivity contribution in [3.05, 3.63) is 10.6 Å². The molecule has 0 bridgehead atoms. The molecule has 1 saturated carbocycles. The van der Waals surface area contributed by atoms with Gasteiger partial charge >= 0.3 is 11.8 Å². The smallest absolute Gasteiger partial charge is 0.440 e. The van der Waals surface area contributed by atoms with Gasteiger partial charge in [0.2, 0.25) is 0 Å². The second kappa shape index (κ2) is 5.11. The molecule has 0 radical (unpaired) electrons. The van der Waals surface area contributed by atoms with Crippen LogP contribution in [0, 0.1) is 0 Å². The Kier molecular flexibility index (Phi) is 3.72. The van der Waals surface area contributed by atoms with Gasteiger partial charge in [0, 0.05) is 20.6 Å². The van der Waals surface area contributed by atoms with Gasteiger partial charge in [-0.1, -0.05) is 11.5 Å². The van der Waals surface area contributed by atoms with Crippen molar-refractivity contribution in [3.8, 4) is 6.08 Å². The molecule has 1 heterocycles. The molecule has 18 heavy (non-hydrogen) atoms. The first-order valence-corrected chi connectivity index (χ1v) is 5.91. The highest BCUT2D eigenvalue weighted by Crippen LogP contribution is 2.39. The molecule has 102 valence electrons. The zero-order valence-electron chi connectivity index (χ0n) is 10.8. The third-order valence-electron chi connectivity index (χ3n) is 3.47. The fourth-order valence-corrected chi connectivity index (χ4v) is 2.51. The number of rotatable bonds is 4. The molecule has 1 atom stereocenters. The van der Waals surface area contributed by atoms with Crippen molar-refractivity contribution >= 4 is 0 Å². The van der Waals surface area contributed by atoms with Crippen LogP contribution in [0.5, 0.6) is 6.08 Å². The van der Waals surface area contributed by atoms with Crippen molar-refractivity contribution in [1.29, 1.82) is 0 Å². The number of nitrogens with zero attached hydrogens (tertiary/aromatic N) is 2. The van der Waals surface area contributed by atoms with Gasteiger partial charge in [-0.25, -0.2) is 4.79 Å². The Morgan fingerprint density at radius 3 is 2.61 bits per heavy atom. The van der Waals surface area contributed by atoms with E-state index in [-0.39, 0.29) is 12.1 Å². The summed E-state index contributed by atoms with van der Waals surface area (Å²) in [5.41, 5.74) is 0. The second-order valence-electron chi connectivity index (χ2n) is 4.26. The van der Waals surface area contributed by atoms with Gasteiger partial charge < -0.3 is 18.6 Å². The lowest BCUT2D eigenvalue weighted by Gasteiger charge is -2.40. The summed E-state index contributed by atoms with van der Waals surface area (Å²) < 4.78 is 21.9. The summed E-state index contributed by atoms with van der Waals surface area (Å²) in [6, 6.07) is -0.304. The maximum Gasteiger partial charge on any atom is 0.440 e. The van der Waals surface area contributed by atoms with Gasteiger partial charge in [-0.15, -0.1) is 0 Å². The molecule has 1 aromatic heterocycles. The zero-order valence-corrected chi connectivity index (χ0v) is 10.8.